The first-order valence-corrected chi connectivity index (χ1v) is 7.27. The molecule has 0 bridgehead atoms. The molecule has 1 aliphatic heterocycles. The SMILES string of the molecule is Fc1cc(F)c2[nH]c(=S)n(C3CCOC3C3CC3)c2c1. The second kappa shape index (κ2) is 4.36. The molecule has 0 radical (unpaired) electrons. The monoisotopic (exact) mass is 296 g/mol. The number of rotatable bonds is 2. The highest BCUT2D eigenvalue weighted by Gasteiger charge is 2.42. The van der Waals surface area contributed by atoms with Crippen molar-refractivity contribution >= 4 is 23.3 Å². The molecule has 2 fully saturated rings. The van der Waals surface area contributed by atoms with Crippen LogP contribution >= 0.6 is 12.2 Å². The number of nitrogens with one attached hydrogen (secondary N) is 1. The summed E-state index contributed by atoms with van der Waals surface area (Å²) in [4.78, 5) is 2.86. The maximum Gasteiger partial charge on any atom is 0.178 e. The summed E-state index contributed by atoms with van der Waals surface area (Å²) in [6, 6.07) is 2.29. The topological polar surface area (TPSA) is 29.9 Å². The van der Waals surface area contributed by atoms with Crippen molar-refractivity contribution in [2.45, 2.75) is 31.4 Å². The van der Waals surface area contributed by atoms with Crippen molar-refractivity contribution in [1.82, 2.24) is 9.55 Å². The van der Waals surface area contributed by atoms with Gasteiger partial charge < -0.3 is 14.3 Å². The van der Waals surface area contributed by atoms with Crippen LogP contribution in [0.5, 0.6) is 0 Å². The zero-order valence-electron chi connectivity index (χ0n) is 10.7. The molecule has 1 N–H and O–H groups in total. The number of ether oxygens (including phenoxy) is 1. The van der Waals surface area contributed by atoms with Gasteiger partial charge in [-0.2, -0.15) is 0 Å². The molecule has 0 spiro atoms. The van der Waals surface area contributed by atoms with Crippen LogP contribution in [0.15, 0.2) is 12.1 Å². The molecule has 2 heterocycles. The van der Waals surface area contributed by atoms with Crippen molar-refractivity contribution in [2.75, 3.05) is 6.61 Å². The van der Waals surface area contributed by atoms with Crippen LogP contribution in [0.25, 0.3) is 11.0 Å². The second-order valence-electron chi connectivity index (χ2n) is 5.61. The standard InChI is InChI=1S/C14H14F2N2OS/c15-8-5-9(16)12-11(6-8)18(14(20)17-12)10-3-4-19-13(10)7-1-2-7/h5-7,10,13H,1-4H2,(H,17,20). The second-order valence-corrected chi connectivity index (χ2v) is 6.00. The van der Waals surface area contributed by atoms with Crippen LogP contribution in [0.4, 0.5) is 8.78 Å². The summed E-state index contributed by atoms with van der Waals surface area (Å²) >= 11 is 5.32. The highest BCUT2D eigenvalue weighted by atomic mass is 32.1. The fourth-order valence-corrected chi connectivity index (χ4v) is 3.57. The Labute approximate surface area is 119 Å². The fourth-order valence-electron chi connectivity index (χ4n) is 3.23. The van der Waals surface area contributed by atoms with E-state index in [-0.39, 0.29) is 17.7 Å². The van der Waals surface area contributed by atoms with E-state index in [4.69, 9.17) is 17.0 Å². The fraction of sp³-hybridized carbons (Fsp3) is 0.500. The van der Waals surface area contributed by atoms with Crippen molar-refractivity contribution in [1.29, 1.82) is 0 Å². The minimum atomic E-state index is -0.605. The lowest BCUT2D eigenvalue weighted by Crippen LogP contribution is -2.22. The number of halogens is 2. The number of imidazole rings is 1. The van der Waals surface area contributed by atoms with Crippen molar-refractivity contribution in [3.63, 3.8) is 0 Å². The molecule has 106 valence electrons. The van der Waals surface area contributed by atoms with E-state index in [2.05, 4.69) is 4.98 Å². The number of hydrogen-bond donors (Lipinski definition) is 1. The third-order valence-corrected chi connectivity index (χ3v) is 4.56. The van der Waals surface area contributed by atoms with Crippen LogP contribution in [0, 0.1) is 22.3 Å². The third kappa shape index (κ3) is 1.82. The van der Waals surface area contributed by atoms with Crippen molar-refractivity contribution < 1.29 is 13.5 Å². The molecule has 2 aliphatic rings. The average molecular weight is 296 g/mol. The summed E-state index contributed by atoms with van der Waals surface area (Å²) in [5.74, 6) is -0.626. The quantitative estimate of drug-likeness (QED) is 0.856. The summed E-state index contributed by atoms with van der Waals surface area (Å²) in [5, 5.41) is 0. The van der Waals surface area contributed by atoms with Gasteiger partial charge in [-0.25, -0.2) is 8.78 Å². The number of H-pyrrole nitrogens is 1. The lowest BCUT2D eigenvalue weighted by Gasteiger charge is -2.20. The first-order chi connectivity index (χ1) is 9.65. The highest BCUT2D eigenvalue weighted by Crippen LogP contribution is 2.44. The van der Waals surface area contributed by atoms with Gasteiger partial charge in [0.1, 0.15) is 11.3 Å². The Morgan fingerprint density at radius 3 is 2.80 bits per heavy atom. The van der Waals surface area contributed by atoms with E-state index in [0.717, 1.165) is 12.5 Å². The Hall–Kier alpha value is -1.27. The van der Waals surface area contributed by atoms with Crippen molar-refractivity contribution in [3.05, 3.63) is 28.5 Å². The number of aromatic amines is 1. The molecule has 1 saturated carbocycles. The molecular weight excluding hydrogens is 282 g/mol. The number of hydrogen-bond acceptors (Lipinski definition) is 2. The zero-order valence-corrected chi connectivity index (χ0v) is 11.6. The molecule has 2 atom stereocenters. The highest BCUT2D eigenvalue weighted by molar-refractivity contribution is 7.71. The molecule has 4 rings (SSSR count). The van der Waals surface area contributed by atoms with Crippen molar-refractivity contribution in [2.24, 2.45) is 5.92 Å². The van der Waals surface area contributed by atoms with Crippen LogP contribution in [-0.4, -0.2) is 22.3 Å². The van der Waals surface area contributed by atoms with Gasteiger partial charge in [-0.05, 0) is 43.5 Å². The lowest BCUT2D eigenvalue weighted by molar-refractivity contribution is 0.0756. The van der Waals surface area contributed by atoms with Gasteiger partial charge in [-0.1, -0.05) is 0 Å². The van der Waals surface area contributed by atoms with E-state index in [9.17, 15) is 8.78 Å². The largest absolute Gasteiger partial charge is 0.376 e. The Kier molecular flexibility index (Phi) is 2.72. The Morgan fingerprint density at radius 2 is 2.05 bits per heavy atom. The molecule has 2 aromatic rings. The van der Waals surface area contributed by atoms with Crippen LogP contribution in [0.1, 0.15) is 25.3 Å². The van der Waals surface area contributed by atoms with Crippen LogP contribution < -0.4 is 0 Å². The van der Waals surface area contributed by atoms with Gasteiger partial charge in [-0.3, -0.25) is 0 Å². The van der Waals surface area contributed by atoms with Crippen LogP contribution in [0.2, 0.25) is 0 Å². The molecule has 1 aromatic carbocycles. The van der Waals surface area contributed by atoms with E-state index in [1.54, 1.807) is 0 Å². The van der Waals surface area contributed by atoms with Crippen LogP contribution in [-0.2, 0) is 4.74 Å². The molecule has 1 aromatic heterocycles. The predicted octanol–water partition coefficient (Wildman–Crippen LogP) is 3.72. The number of fused-ring (bicyclic) bond motifs is 1. The number of benzene rings is 1. The maximum atomic E-state index is 13.8. The average Bonchev–Trinajstić information content (AvgIpc) is 3.03. The van der Waals surface area contributed by atoms with Gasteiger partial charge in [0.15, 0.2) is 10.6 Å². The van der Waals surface area contributed by atoms with Crippen LogP contribution in [0.3, 0.4) is 0 Å². The molecule has 1 saturated heterocycles. The van der Waals surface area contributed by atoms with E-state index in [1.807, 2.05) is 4.57 Å². The first kappa shape index (κ1) is 12.5. The molecule has 2 unspecified atom stereocenters. The molecule has 3 nitrogen and oxygen atoms in total. The van der Waals surface area contributed by atoms with E-state index >= 15 is 0 Å². The summed E-state index contributed by atoms with van der Waals surface area (Å²) < 4.78 is 35.4. The van der Waals surface area contributed by atoms with Gasteiger partial charge in [0.05, 0.1) is 17.7 Å². The summed E-state index contributed by atoms with van der Waals surface area (Å²) in [6.07, 6.45) is 3.28. The van der Waals surface area contributed by atoms with Gasteiger partial charge in [-0.15, -0.1) is 0 Å². The van der Waals surface area contributed by atoms with Crippen molar-refractivity contribution in [3.8, 4) is 0 Å². The van der Waals surface area contributed by atoms with Gasteiger partial charge >= 0.3 is 0 Å². The minimum absolute atomic E-state index is 0.0740. The summed E-state index contributed by atoms with van der Waals surface area (Å²) in [6.45, 7) is 0.679. The molecule has 6 heteroatoms. The Balaban J connectivity index is 1.90. The van der Waals surface area contributed by atoms with E-state index in [0.29, 0.717) is 22.8 Å². The summed E-state index contributed by atoms with van der Waals surface area (Å²) in [5.41, 5.74) is 0.770. The predicted molar refractivity (Wildman–Crippen MR) is 73.2 cm³/mol. The normalized spacial score (nSPS) is 26.5. The molecule has 0 amide bonds. The zero-order chi connectivity index (χ0) is 13.9. The maximum absolute atomic E-state index is 13.8. The number of nitrogens with zero attached hydrogens (tertiary/aromatic N) is 1. The smallest absolute Gasteiger partial charge is 0.178 e. The third-order valence-electron chi connectivity index (χ3n) is 4.27. The van der Waals surface area contributed by atoms with E-state index < -0.39 is 11.6 Å². The minimum Gasteiger partial charge on any atom is -0.376 e. The lowest BCUT2D eigenvalue weighted by atomic mass is 10.1. The molecule has 1 aliphatic carbocycles. The van der Waals surface area contributed by atoms with Gasteiger partial charge in [0, 0.05) is 12.7 Å². The van der Waals surface area contributed by atoms with Gasteiger partial charge in [0.25, 0.3) is 0 Å². The molecular formula is C14H14F2N2OS. The first-order valence-electron chi connectivity index (χ1n) is 6.86. The molecule has 20 heavy (non-hydrogen) atoms. The van der Waals surface area contributed by atoms with E-state index in [1.165, 1.54) is 18.9 Å². The summed E-state index contributed by atoms with van der Waals surface area (Å²) in [7, 11) is 0. The van der Waals surface area contributed by atoms with Gasteiger partial charge in [0.2, 0.25) is 0 Å². The Morgan fingerprint density at radius 1 is 1.25 bits per heavy atom. The number of aromatic nitrogens is 2. The Bertz CT molecular complexity index is 735.